The SMILES string of the molecule is Nc1nnc(-c2ccccc2O)cc1N1CCN(c2ccccc2)C(=O)C1. The maximum atomic E-state index is 12.7. The molecule has 0 spiro atoms. The molecule has 0 unspecified atom stereocenters. The van der Waals surface area contributed by atoms with E-state index in [-0.39, 0.29) is 24.0 Å². The molecule has 3 N–H and O–H groups in total. The van der Waals surface area contributed by atoms with Crippen molar-refractivity contribution in [2.45, 2.75) is 0 Å². The number of nitrogens with zero attached hydrogens (tertiary/aromatic N) is 4. The van der Waals surface area contributed by atoms with Gasteiger partial charge in [-0.3, -0.25) is 4.79 Å². The summed E-state index contributed by atoms with van der Waals surface area (Å²) in [5, 5.41) is 18.2. The topological polar surface area (TPSA) is 95.6 Å². The average Bonchev–Trinajstić information content (AvgIpc) is 2.69. The van der Waals surface area contributed by atoms with Gasteiger partial charge in [0, 0.05) is 24.3 Å². The normalized spacial score (nSPS) is 14.4. The minimum atomic E-state index is -0.00669. The highest BCUT2D eigenvalue weighted by molar-refractivity contribution is 5.98. The Bertz CT molecular complexity index is 977. The van der Waals surface area contributed by atoms with Gasteiger partial charge in [-0.25, -0.2) is 0 Å². The van der Waals surface area contributed by atoms with Gasteiger partial charge in [0.05, 0.1) is 17.9 Å². The van der Waals surface area contributed by atoms with Crippen molar-refractivity contribution in [3.8, 4) is 17.0 Å². The van der Waals surface area contributed by atoms with Crippen molar-refractivity contribution in [3.63, 3.8) is 0 Å². The Hall–Kier alpha value is -3.61. The number of rotatable bonds is 3. The number of benzene rings is 2. The molecule has 0 radical (unpaired) electrons. The van der Waals surface area contributed by atoms with Gasteiger partial charge in [-0.05, 0) is 30.3 Å². The van der Waals surface area contributed by atoms with Crippen LogP contribution in [0.2, 0.25) is 0 Å². The van der Waals surface area contributed by atoms with Gasteiger partial charge in [0.25, 0.3) is 0 Å². The van der Waals surface area contributed by atoms with E-state index in [1.165, 1.54) is 0 Å². The number of para-hydroxylation sites is 2. The van der Waals surface area contributed by atoms with Gasteiger partial charge in [-0.2, -0.15) is 0 Å². The Labute approximate surface area is 156 Å². The highest BCUT2D eigenvalue weighted by Crippen LogP contribution is 2.32. The summed E-state index contributed by atoms with van der Waals surface area (Å²) in [4.78, 5) is 16.3. The van der Waals surface area contributed by atoms with Gasteiger partial charge in [0.2, 0.25) is 5.91 Å². The molecular formula is C20H19N5O2. The van der Waals surface area contributed by atoms with Crippen LogP contribution in [0.1, 0.15) is 0 Å². The Morgan fingerprint density at radius 2 is 1.70 bits per heavy atom. The molecule has 1 aromatic heterocycles. The van der Waals surface area contributed by atoms with E-state index in [1.54, 1.807) is 29.2 Å². The van der Waals surface area contributed by atoms with Crippen LogP contribution in [0, 0.1) is 0 Å². The molecule has 27 heavy (non-hydrogen) atoms. The van der Waals surface area contributed by atoms with E-state index < -0.39 is 0 Å². The lowest BCUT2D eigenvalue weighted by Crippen LogP contribution is -2.50. The molecule has 0 aliphatic carbocycles. The minimum Gasteiger partial charge on any atom is -0.507 e. The molecule has 1 amide bonds. The Morgan fingerprint density at radius 1 is 0.963 bits per heavy atom. The number of hydrogen-bond donors (Lipinski definition) is 2. The molecule has 1 saturated heterocycles. The summed E-state index contributed by atoms with van der Waals surface area (Å²) in [5.41, 5.74) is 8.63. The van der Waals surface area contributed by atoms with Gasteiger partial charge in [-0.1, -0.05) is 30.3 Å². The second-order valence-corrected chi connectivity index (χ2v) is 6.32. The number of carbonyl (C=O) groups is 1. The molecule has 3 aromatic rings. The number of piperazine rings is 1. The first-order valence-corrected chi connectivity index (χ1v) is 8.65. The van der Waals surface area contributed by atoms with Crippen molar-refractivity contribution < 1.29 is 9.90 Å². The number of phenols is 1. The van der Waals surface area contributed by atoms with Crippen LogP contribution < -0.4 is 15.5 Å². The lowest BCUT2D eigenvalue weighted by molar-refractivity contribution is -0.117. The third-order valence-electron chi connectivity index (χ3n) is 4.61. The van der Waals surface area contributed by atoms with E-state index in [1.807, 2.05) is 41.3 Å². The highest BCUT2D eigenvalue weighted by atomic mass is 16.3. The Kier molecular flexibility index (Phi) is 4.33. The summed E-state index contributed by atoms with van der Waals surface area (Å²) in [6.07, 6.45) is 0. The quantitative estimate of drug-likeness (QED) is 0.743. The highest BCUT2D eigenvalue weighted by Gasteiger charge is 2.27. The molecule has 0 atom stereocenters. The molecule has 2 heterocycles. The maximum Gasteiger partial charge on any atom is 0.246 e. The monoisotopic (exact) mass is 361 g/mol. The van der Waals surface area contributed by atoms with Gasteiger partial charge in [0.1, 0.15) is 5.75 Å². The third-order valence-corrected chi connectivity index (χ3v) is 4.61. The summed E-state index contributed by atoms with van der Waals surface area (Å²) in [5.74, 6) is 0.371. The summed E-state index contributed by atoms with van der Waals surface area (Å²) in [6, 6.07) is 18.3. The molecule has 4 rings (SSSR count). The molecular weight excluding hydrogens is 342 g/mol. The van der Waals surface area contributed by atoms with E-state index >= 15 is 0 Å². The number of nitrogens with two attached hydrogens (primary N) is 1. The number of nitrogen functional groups attached to an aromatic ring is 1. The maximum absolute atomic E-state index is 12.7. The lowest BCUT2D eigenvalue weighted by atomic mass is 10.1. The van der Waals surface area contributed by atoms with Gasteiger partial charge in [-0.15, -0.1) is 10.2 Å². The molecule has 7 heteroatoms. The van der Waals surface area contributed by atoms with Crippen molar-refractivity contribution in [3.05, 3.63) is 60.7 Å². The second kappa shape index (κ2) is 6.95. The first-order chi connectivity index (χ1) is 13.1. The zero-order chi connectivity index (χ0) is 18.8. The molecule has 1 aliphatic heterocycles. The van der Waals surface area contributed by atoms with Crippen molar-refractivity contribution >= 4 is 23.1 Å². The zero-order valence-electron chi connectivity index (χ0n) is 14.6. The number of aromatic hydroxyl groups is 1. The number of aromatic nitrogens is 2. The largest absolute Gasteiger partial charge is 0.507 e. The fourth-order valence-electron chi connectivity index (χ4n) is 3.23. The van der Waals surface area contributed by atoms with Crippen LogP contribution in [0.25, 0.3) is 11.3 Å². The van der Waals surface area contributed by atoms with Crippen molar-refractivity contribution in [1.82, 2.24) is 10.2 Å². The molecule has 1 fully saturated rings. The van der Waals surface area contributed by atoms with Crippen molar-refractivity contribution in [1.29, 1.82) is 0 Å². The Morgan fingerprint density at radius 3 is 2.44 bits per heavy atom. The average molecular weight is 361 g/mol. The van der Waals surface area contributed by atoms with Gasteiger partial charge in [0.15, 0.2) is 5.82 Å². The summed E-state index contributed by atoms with van der Waals surface area (Å²) in [7, 11) is 0. The molecule has 1 aliphatic rings. The van der Waals surface area contributed by atoms with Crippen LogP contribution in [0.3, 0.4) is 0 Å². The van der Waals surface area contributed by atoms with Gasteiger partial charge >= 0.3 is 0 Å². The molecule has 0 saturated carbocycles. The zero-order valence-corrected chi connectivity index (χ0v) is 14.6. The standard InChI is InChI=1S/C20H19N5O2/c21-20-17(12-16(22-23-20)15-8-4-5-9-18(15)26)24-10-11-25(19(27)13-24)14-6-2-1-3-7-14/h1-9,12,26H,10-11,13H2,(H2,21,23). The predicted octanol–water partition coefficient (Wildman–Crippen LogP) is 2.28. The van der Waals surface area contributed by atoms with E-state index in [2.05, 4.69) is 10.2 Å². The van der Waals surface area contributed by atoms with Crippen molar-refractivity contribution in [2.24, 2.45) is 0 Å². The number of amides is 1. The second-order valence-electron chi connectivity index (χ2n) is 6.32. The fourth-order valence-corrected chi connectivity index (χ4v) is 3.23. The number of phenolic OH excluding ortho intramolecular Hbond substituents is 1. The lowest BCUT2D eigenvalue weighted by Gasteiger charge is -2.35. The first-order valence-electron chi connectivity index (χ1n) is 8.65. The van der Waals surface area contributed by atoms with Crippen LogP contribution in [0.15, 0.2) is 60.7 Å². The number of carbonyl (C=O) groups excluding carboxylic acids is 1. The fraction of sp³-hybridized carbons (Fsp3) is 0.150. The van der Waals surface area contributed by atoms with E-state index in [9.17, 15) is 9.90 Å². The number of anilines is 3. The predicted molar refractivity (Wildman–Crippen MR) is 105 cm³/mol. The van der Waals surface area contributed by atoms with Crippen LogP contribution in [-0.2, 0) is 4.79 Å². The van der Waals surface area contributed by atoms with Gasteiger partial charge < -0.3 is 20.6 Å². The molecule has 0 bridgehead atoms. The smallest absolute Gasteiger partial charge is 0.246 e. The van der Waals surface area contributed by atoms with Crippen LogP contribution in [-0.4, -0.2) is 40.8 Å². The minimum absolute atomic E-state index is 0.00669. The van der Waals surface area contributed by atoms with Crippen LogP contribution in [0.4, 0.5) is 17.2 Å². The number of hydrogen-bond acceptors (Lipinski definition) is 6. The summed E-state index contributed by atoms with van der Waals surface area (Å²) in [6.45, 7) is 1.37. The van der Waals surface area contributed by atoms with Crippen molar-refractivity contribution in [2.75, 3.05) is 35.2 Å². The Balaban J connectivity index is 1.60. The first kappa shape index (κ1) is 16.8. The van der Waals surface area contributed by atoms with Crippen LogP contribution >= 0.6 is 0 Å². The van der Waals surface area contributed by atoms with E-state index in [0.717, 1.165) is 5.69 Å². The third kappa shape index (κ3) is 3.27. The van der Waals surface area contributed by atoms with E-state index in [4.69, 9.17) is 5.73 Å². The summed E-state index contributed by atoms with van der Waals surface area (Å²) < 4.78 is 0. The molecule has 7 nitrogen and oxygen atoms in total. The van der Waals surface area contributed by atoms with Crippen LogP contribution in [0.5, 0.6) is 5.75 Å². The molecule has 136 valence electrons. The molecule has 2 aromatic carbocycles. The van der Waals surface area contributed by atoms with E-state index in [0.29, 0.717) is 30.0 Å². The summed E-state index contributed by atoms with van der Waals surface area (Å²) >= 11 is 0.